The summed E-state index contributed by atoms with van der Waals surface area (Å²) >= 11 is 0. The first-order valence-corrected chi connectivity index (χ1v) is 10.9. The number of nitrogens with two attached hydrogens (primary N) is 1. The van der Waals surface area contributed by atoms with Crippen LogP contribution in [-0.4, -0.2) is 57.9 Å². The standard InChI is InChI=1S/C23H20F3N7O3/c1-36-18-8-17(28-10-16(18)13-2-4-14(5-3-13)23(24,25)26)21(34)32-12-22(27)9-15(32)11-33(22)20-7-6-19(31-35)29-30-20/h2-8,10,15H,9,11-12,27H2,1H3/t15-,22-/m0/s1. The van der Waals surface area contributed by atoms with Crippen molar-refractivity contribution in [2.24, 2.45) is 10.9 Å². The topological polar surface area (TPSA) is 127 Å². The number of carbonyl (C=O) groups is 1. The molecule has 10 nitrogen and oxygen atoms in total. The van der Waals surface area contributed by atoms with Crippen LogP contribution in [0, 0.1) is 4.91 Å². The molecule has 0 radical (unpaired) electrons. The highest BCUT2D eigenvalue weighted by atomic mass is 19.4. The summed E-state index contributed by atoms with van der Waals surface area (Å²) in [5.74, 6) is 0.419. The number of amides is 1. The molecule has 2 aliphatic heterocycles. The molecule has 1 amide bonds. The second-order valence-electron chi connectivity index (χ2n) is 8.69. The van der Waals surface area contributed by atoms with Crippen LogP contribution in [0.3, 0.4) is 0 Å². The maximum Gasteiger partial charge on any atom is 0.416 e. The van der Waals surface area contributed by atoms with Crippen LogP contribution in [-0.2, 0) is 6.18 Å². The number of piperazine rings is 1. The van der Waals surface area contributed by atoms with E-state index < -0.39 is 17.4 Å². The predicted octanol–water partition coefficient (Wildman–Crippen LogP) is 3.35. The number of methoxy groups -OCH3 is 1. The van der Waals surface area contributed by atoms with E-state index in [9.17, 15) is 22.9 Å². The monoisotopic (exact) mass is 499 g/mol. The Morgan fingerprint density at radius 3 is 2.50 bits per heavy atom. The Morgan fingerprint density at radius 1 is 1.19 bits per heavy atom. The van der Waals surface area contributed by atoms with Crippen molar-refractivity contribution in [3.8, 4) is 16.9 Å². The summed E-state index contributed by atoms with van der Waals surface area (Å²) < 4.78 is 44.1. The number of benzene rings is 1. The molecule has 2 atom stereocenters. The molecule has 2 aliphatic rings. The molecule has 1 aromatic carbocycles. The first-order valence-electron chi connectivity index (χ1n) is 10.9. The van der Waals surface area contributed by atoms with Crippen LogP contribution >= 0.6 is 0 Å². The van der Waals surface area contributed by atoms with Gasteiger partial charge in [0, 0.05) is 30.8 Å². The average Bonchev–Trinajstić information content (AvgIpc) is 3.40. The van der Waals surface area contributed by atoms with Crippen LogP contribution in [0.15, 0.2) is 53.8 Å². The highest BCUT2D eigenvalue weighted by Crippen LogP contribution is 2.40. The molecule has 36 heavy (non-hydrogen) atoms. The third-order valence-corrected chi connectivity index (χ3v) is 6.50. The van der Waals surface area contributed by atoms with Crippen molar-refractivity contribution in [3.63, 3.8) is 0 Å². The zero-order valence-electron chi connectivity index (χ0n) is 18.9. The van der Waals surface area contributed by atoms with Gasteiger partial charge in [0.15, 0.2) is 5.82 Å². The highest BCUT2D eigenvalue weighted by molar-refractivity contribution is 5.94. The van der Waals surface area contributed by atoms with Gasteiger partial charge < -0.3 is 20.3 Å². The Labute approximate surface area is 202 Å². The van der Waals surface area contributed by atoms with Gasteiger partial charge in [0.1, 0.15) is 17.1 Å². The molecule has 0 aliphatic carbocycles. The van der Waals surface area contributed by atoms with Gasteiger partial charge in [-0.15, -0.1) is 15.1 Å². The molecule has 186 valence electrons. The first-order chi connectivity index (χ1) is 17.1. The van der Waals surface area contributed by atoms with E-state index in [0.29, 0.717) is 35.7 Å². The average molecular weight is 499 g/mol. The van der Waals surface area contributed by atoms with E-state index in [1.54, 1.807) is 11.0 Å². The molecular formula is C23H20F3N7O3. The number of pyridine rings is 1. The van der Waals surface area contributed by atoms with Gasteiger partial charge in [-0.05, 0) is 35.0 Å². The number of nitrogens with zero attached hydrogens (tertiary/aromatic N) is 6. The molecular weight excluding hydrogens is 479 g/mol. The Balaban J connectivity index is 1.35. The normalized spacial score (nSPS) is 21.1. The Kier molecular flexibility index (Phi) is 5.58. The lowest BCUT2D eigenvalue weighted by Crippen LogP contribution is -2.60. The lowest BCUT2D eigenvalue weighted by Gasteiger charge is -2.40. The number of rotatable bonds is 5. The Hall–Kier alpha value is -4.13. The van der Waals surface area contributed by atoms with Crippen molar-refractivity contribution in [1.29, 1.82) is 0 Å². The molecule has 2 bridgehead atoms. The number of halogens is 3. The van der Waals surface area contributed by atoms with Crippen molar-refractivity contribution < 1.29 is 22.7 Å². The van der Waals surface area contributed by atoms with Gasteiger partial charge in [-0.3, -0.25) is 9.78 Å². The number of aromatic nitrogens is 3. The fraction of sp³-hybridized carbons (Fsp3) is 0.304. The first kappa shape index (κ1) is 23.6. The minimum Gasteiger partial charge on any atom is -0.496 e. The third-order valence-electron chi connectivity index (χ3n) is 6.50. The summed E-state index contributed by atoms with van der Waals surface area (Å²) in [6.45, 7) is 0.641. The van der Waals surface area contributed by atoms with E-state index >= 15 is 0 Å². The van der Waals surface area contributed by atoms with Crippen LogP contribution in [0.4, 0.5) is 24.8 Å². The van der Waals surface area contributed by atoms with Gasteiger partial charge in [0.2, 0.25) is 5.82 Å². The van der Waals surface area contributed by atoms with Gasteiger partial charge in [-0.2, -0.15) is 13.2 Å². The SMILES string of the molecule is COc1cc(C(=O)N2C[C@]3(N)C[C@H]2CN3c2ccc(N=O)nn2)ncc1-c1ccc(C(F)(F)F)cc1. The largest absolute Gasteiger partial charge is 0.496 e. The Morgan fingerprint density at radius 2 is 1.94 bits per heavy atom. The van der Waals surface area contributed by atoms with E-state index in [-0.39, 0.29) is 30.0 Å². The van der Waals surface area contributed by atoms with E-state index in [1.807, 2.05) is 4.90 Å². The van der Waals surface area contributed by atoms with E-state index in [2.05, 4.69) is 20.4 Å². The summed E-state index contributed by atoms with van der Waals surface area (Å²) in [5, 5.41) is 10.5. The van der Waals surface area contributed by atoms with Crippen molar-refractivity contribution >= 4 is 17.5 Å². The number of nitroso groups, excluding NO2 is 1. The Bertz CT molecular complexity index is 1320. The lowest BCUT2D eigenvalue weighted by atomic mass is 10.0. The fourth-order valence-corrected chi connectivity index (χ4v) is 4.75. The summed E-state index contributed by atoms with van der Waals surface area (Å²) in [6.07, 6.45) is -2.52. The quantitative estimate of drug-likeness (QED) is 0.530. The van der Waals surface area contributed by atoms with E-state index in [0.717, 1.165) is 12.1 Å². The number of hydrogen-bond donors (Lipinski definition) is 1. The molecule has 2 saturated heterocycles. The van der Waals surface area contributed by atoms with Crippen molar-refractivity contribution in [1.82, 2.24) is 20.1 Å². The number of ether oxygens (including phenoxy) is 1. The minimum atomic E-state index is -4.44. The highest BCUT2D eigenvalue weighted by Gasteiger charge is 2.54. The maximum atomic E-state index is 13.3. The summed E-state index contributed by atoms with van der Waals surface area (Å²) in [6, 6.07) is 8.95. The molecule has 2 N–H and O–H groups in total. The van der Waals surface area contributed by atoms with Crippen molar-refractivity contribution in [2.45, 2.75) is 24.3 Å². The van der Waals surface area contributed by atoms with Crippen LogP contribution in [0.25, 0.3) is 11.1 Å². The van der Waals surface area contributed by atoms with Crippen LogP contribution in [0.5, 0.6) is 5.75 Å². The number of hydrogen-bond acceptors (Lipinski definition) is 9. The number of anilines is 1. The predicted molar refractivity (Wildman–Crippen MR) is 122 cm³/mol. The molecule has 3 aromatic rings. The van der Waals surface area contributed by atoms with Gasteiger partial charge in [0.05, 0.1) is 25.3 Å². The van der Waals surface area contributed by atoms with E-state index in [1.165, 1.54) is 37.6 Å². The maximum absolute atomic E-state index is 13.3. The zero-order chi connectivity index (χ0) is 25.7. The second kappa shape index (κ2) is 8.52. The molecule has 4 heterocycles. The van der Waals surface area contributed by atoms with Crippen molar-refractivity contribution in [2.75, 3.05) is 25.1 Å². The number of carbonyl (C=O) groups excluding carboxylic acids is 1. The molecule has 2 fully saturated rings. The van der Waals surface area contributed by atoms with Crippen LogP contribution < -0.4 is 15.4 Å². The molecule has 13 heteroatoms. The minimum absolute atomic E-state index is 0.0363. The zero-order valence-corrected chi connectivity index (χ0v) is 18.9. The molecule has 0 spiro atoms. The van der Waals surface area contributed by atoms with Crippen LogP contribution in [0.2, 0.25) is 0 Å². The molecule has 5 rings (SSSR count). The van der Waals surface area contributed by atoms with Crippen LogP contribution in [0.1, 0.15) is 22.5 Å². The molecule has 0 unspecified atom stereocenters. The number of fused-ring (bicyclic) bond motifs is 2. The third kappa shape index (κ3) is 4.00. The molecule has 0 saturated carbocycles. The second-order valence-corrected chi connectivity index (χ2v) is 8.69. The van der Waals surface area contributed by atoms with E-state index in [4.69, 9.17) is 10.5 Å². The number of alkyl halides is 3. The summed E-state index contributed by atoms with van der Waals surface area (Å²) in [7, 11) is 1.41. The van der Waals surface area contributed by atoms with Crippen molar-refractivity contribution in [3.05, 3.63) is 64.8 Å². The smallest absolute Gasteiger partial charge is 0.416 e. The fourth-order valence-electron chi connectivity index (χ4n) is 4.75. The summed E-state index contributed by atoms with van der Waals surface area (Å²) in [5.41, 5.74) is 6.04. The number of likely N-dealkylation sites (tertiary alicyclic amines) is 1. The lowest BCUT2D eigenvalue weighted by molar-refractivity contribution is -0.137. The molecule has 2 aromatic heterocycles. The van der Waals surface area contributed by atoms with Gasteiger partial charge in [-0.25, -0.2) is 0 Å². The van der Waals surface area contributed by atoms with Gasteiger partial charge in [0.25, 0.3) is 5.91 Å². The summed E-state index contributed by atoms with van der Waals surface area (Å²) in [4.78, 5) is 31.7. The van der Waals surface area contributed by atoms with Gasteiger partial charge >= 0.3 is 6.18 Å². The van der Waals surface area contributed by atoms with Gasteiger partial charge in [-0.1, -0.05) is 12.1 Å².